The molecule has 1 aromatic carbocycles. The van der Waals surface area contributed by atoms with Crippen LogP contribution in [0.5, 0.6) is 5.75 Å². The fraction of sp³-hybridized carbons (Fsp3) is 0.538. The zero-order valence-electron chi connectivity index (χ0n) is 9.49. The normalized spacial score (nSPS) is 25.5. The minimum Gasteiger partial charge on any atom is -0.494 e. The van der Waals surface area contributed by atoms with Crippen molar-refractivity contribution in [2.24, 2.45) is 5.92 Å². The Morgan fingerprint density at radius 2 is 2.07 bits per heavy atom. The van der Waals surface area contributed by atoms with E-state index in [0.29, 0.717) is 6.04 Å². The summed E-state index contributed by atoms with van der Waals surface area (Å²) in [6, 6.07) is 8.99. The Morgan fingerprint density at radius 3 is 2.60 bits per heavy atom. The molecule has 2 atom stereocenters. The monoisotopic (exact) mass is 205 g/mol. The van der Waals surface area contributed by atoms with E-state index in [1.54, 1.807) is 0 Å². The maximum atomic E-state index is 5.42. The number of hydrogen-bond acceptors (Lipinski definition) is 2. The van der Waals surface area contributed by atoms with E-state index in [1.165, 1.54) is 12.0 Å². The van der Waals surface area contributed by atoms with Gasteiger partial charge in [0.2, 0.25) is 0 Å². The molecule has 0 spiro atoms. The van der Waals surface area contributed by atoms with Gasteiger partial charge >= 0.3 is 0 Å². The predicted octanol–water partition coefficient (Wildman–Crippen LogP) is 2.76. The summed E-state index contributed by atoms with van der Waals surface area (Å²) in [5, 5.41) is 3.53. The Hall–Kier alpha value is -1.02. The SMILES string of the molecule is CCOc1ccc([C@H]2C[C@H](C)CN2)cc1. The topological polar surface area (TPSA) is 21.3 Å². The summed E-state index contributed by atoms with van der Waals surface area (Å²) in [5.41, 5.74) is 1.38. The summed E-state index contributed by atoms with van der Waals surface area (Å²) in [4.78, 5) is 0. The summed E-state index contributed by atoms with van der Waals surface area (Å²) in [5.74, 6) is 1.76. The molecule has 0 saturated carbocycles. The first-order valence-corrected chi connectivity index (χ1v) is 5.75. The average Bonchev–Trinajstić information content (AvgIpc) is 2.67. The molecule has 15 heavy (non-hydrogen) atoms. The molecule has 1 N–H and O–H groups in total. The Labute approximate surface area is 91.6 Å². The highest BCUT2D eigenvalue weighted by Gasteiger charge is 2.21. The van der Waals surface area contributed by atoms with Crippen molar-refractivity contribution in [1.29, 1.82) is 0 Å². The maximum Gasteiger partial charge on any atom is 0.119 e. The fourth-order valence-corrected chi connectivity index (χ4v) is 2.13. The Bertz CT molecular complexity index is 307. The quantitative estimate of drug-likeness (QED) is 0.819. The van der Waals surface area contributed by atoms with Gasteiger partial charge in [0, 0.05) is 6.04 Å². The van der Waals surface area contributed by atoms with E-state index in [4.69, 9.17) is 4.74 Å². The molecule has 1 saturated heterocycles. The summed E-state index contributed by atoms with van der Waals surface area (Å²) >= 11 is 0. The Kier molecular flexibility index (Phi) is 3.27. The van der Waals surface area contributed by atoms with Gasteiger partial charge in [-0.3, -0.25) is 0 Å². The molecule has 0 unspecified atom stereocenters. The molecule has 2 rings (SSSR count). The van der Waals surface area contributed by atoms with Crippen molar-refractivity contribution < 1.29 is 4.74 Å². The smallest absolute Gasteiger partial charge is 0.119 e. The number of rotatable bonds is 3. The highest BCUT2D eigenvalue weighted by molar-refractivity contribution is 5.29. The highest BCUT2D eigenvalue weighted by atomic mass is 16.5. The van der Waals surface area contributed by atoms with Crippen LogP contribution in [-0.4, -0.2) is 13.2 Å². The highest BCUT2D eigenvalue weighted by Crippen LogP contribution is 2.27. The molecule has 0 aromatic heterocycles. The van der Waals surface area contributed by atoms with Gasteiger partial charge in [-0.05, 0) is 43.5 Å². The van der Waals surface area contributed by atoms with E-state index >= 15 is 0 Å². The second-order valence-electron chi connectivity index (χ2n) is 4.30. The maximum absolute atomic E-state index is 5.42. The van der Waals surface area contributed by atoms with E-state index in [9.17, 15) is 0 Å². The fourth-order valence-electron chi connectivity index (χ4n) is 2.13. The lowest BCUT2D eigenvalue weighted by atomic mass is 10.0. The number of ether oxygens (including phenoxy) is 1. The minimum absolute atomic E-state index is 0.538. The van der Waals surface area contributed by atoms with Crippen molar-refractivity contribution in [1.82, 2.24) is 5.32 Å². The molecule has 0 bridgehead atoms. The molecule has 82 valence electrons. The van der Waals surface area contributed by atoms with E-state index in [-0.39, 0.29) is 0 Å². The van der Waals surface area contributed by atoms with Crippen LogP contribution >= 0.6 is 0 Å². The van der Waals surface area contributed by atoms with Gasteiger partial charge in [-0.2, -0.15) is 0 Å². The summed E-state index contributed by atoms with van der Waals surface area (Å²) < 4.78 is 5.42. The number of nitrogens with one attached hydrogen (secondary N) is 1. The van der Waals surface area contributed by atoms with Crippen molar-refractivity contribution in [3.8, 4) is 5.75 Å². The largest absolute Gasteiger partial charge is 0.494 e. The van der Waals surface area contributed by atoms with Crippen LogP contribution in [0.25, 0.3) is 0 Å². The van der Waals surface area contributed by atoms with Crippen molar-refractivity contribution >= 4 is 0 Å². The van der Waals surface area contributed by atoms with Crippen LogP contribution in [0.4, 0.5) is 0 Å². The van der Waals surface area contributed by atoms with E-state index in [0.717, 1.165) is 24.8 Å². The van der Waals surface area contributed by atoms with Crippen LogP contribution in [-0.2, 0) is 0 Å². The van der Waals surface area contributed by atoms with Gasteiger partial charge in [-0.25, -0.2) is 0 Å². The summed E-state index contributed by atoms with van der Waals surface area (Å²) in [7, 11) is 0. The molecule has 1 aromatic rings. The van der Waals surface area contributed by atoms with E-state index in [2.05, 4.69) is 36.5 Å². The van der Waals surface area contributed by atoms with Crippen molar-refractivity contribution in [3.63, 3.8) is 0 Å². The van der Waals surface area contributed by atoms with E-state index < -0.39 is 0 Å². The molecule has 0 radical (unpaired) electrons. The molecule has 2 nitrogen and oxygen atoms in total. The number of benzene rings is 1. The Morgan fingerprint density at radius 1 is 1.33 bits per heavy atom. The second-order valence-corrected chi connectivity index (χ2v) is 4.30. The van der Waals surface area contributed by atoms with Gasteiger partial charge in [-0.15, -0.1) is 0 Å². The van der Waals surface area contributed by atoms with Crippen LogP contribution in [0.1, 0.15) is 31.9 Å². The molecule has 1 aliphatic heterocycles. The van der Waals surface area contributed by atoms with Crippen molar-refractivity contribution in [3.05, 3.63) is 29.8 Å². The van der Waals surface area contributed by atoms with Crippen LogP contribution in [0.3, 0.4) is 0 Å². The van der Waals surface area contributed by atoms with E-state index in [1.807, 2.05) is 6.92 Å². The lowest BCUT2D eigenvalue weighted by Crippen LogP contribution is -2.13. The van der Waals surface area contributed by atoms with Crippen molar-refractivity contribution in [2.45, 2.75) is 26.3 Å². The first-order chi connectivity index (χ1) is 7.29. The molecule has 1 heterocycles. The van der Waals surface area contributed by atoms with Gasteiger partial charge in [0.25, 0.3) is 0 Å². The molecule has 0 aliphatic carbocycles. The molecule has 0 amide bonds. The number of hydrogen-bond donors (Lipinski definition) is 1. The lowest BCUT2D eigenvalue weighted by Gasteiger charge is -2.11. The zero-order chi connectivity index (χ0) is 10.7. The zero-order valence-corrected chi connectivity index (χ0v) is 9.49. The second kappa shape index (κ2) is 4.67. The molecule has 1 fully saturated rings. The third kappa shape index (κ3) is 2.51. The minimum atomic E-state index is 0.538. The first kappa shape index (κ1) is 10.5. The summed E-state index contributed by atoms with van der Waals surface area (Å²) in [6.07, 6.45) is 1.24. The third-order valence-corrected chi connectivity index (χ3v) is 2.94. The molecule has 1 aliphatic rings. The van der Waals surface area contributed by atoms with Crippen LogP contribution in [0.15, 0.2) is 24.3 Å². The Balaban J connectivity index is 2.03. The van der Waals surface area contributed by atoms with Gasteiger partial charge in [0.15, 0.2) is 0 Å². The third-order valence-electron chi connectivity index (χ3n) is 2.94. The van der Waals surface area contributed by atoms with Crippen molar-refractivity contribution in [2.75, 3.05) is 13.2 Å². The standard InChI is InChI=1S/C13H19NO/c1-3-15-12-6-4-11(5-7-12)13-8-10(2)9-14-13/h4-7,10,13-14H,3,8-9H2,1-2H3/t10-,13+/m0/s1. The van der Waals surface area contributed by atoms with Gasteiger partial charge in [0.1, 0.15) is 5.75 Å². The first-order valence-electron chi connectivity index (χ1n) is 5.75. The van der Waals surface area contributed by atoms with Crippen LogP contribution in [0, 0.1) is 5.92 Å². The van der Waals surface area contributed by atoms with Crippen LogP contribution in [0.2, 0.25) is 0 Å². The van der Waals surface area contributed by atoms with Gasteiger partial charge in [0.05, 0.1) is 6.61 Å². The van der Waals surface area contributed by atoms with Gasteiger partial charge in [-0.1, -0.05) is 19.1 Å². The van der Waals surface area contributed by atoms with Gasteiger partial charge < -0.3 is 10.1 Å². The summed E-state index contributed by atoms with van der Waals surface area (Å²) in [6.45, 7) is 6.17. The lowest BCUT2D eigenvalue weighted by molar-refractivity contribution is 0.340. The molecular formula is C13H19NO. The predicted molar refractivity (Wildman–Crippen MR) is 62.1 cm³/mol. The molecular weight excluding hydrogens is 186 g/mol. The average molecular weight is 205 g/mol. The molecule has 2 heteroatoms. The van der Waals surface area contributed by atoms with Crippen LogP contribution < -0.4 is 10.1 Å².